The highest BCUT2D eigenvalue weighted by Crippen LogP contribution is 2.21. The Kier molecular flexibility index (Phi) is 3.73. The van der Waals surface area contributed by atoms with Crippen molar-refractivity contribution in [1.82, 2.24) is 0 Å². The third kappa shape index (κ3) is 3.36. The maximum absolute atomic E-state index is 10.9. The summed E-state index contributed by atoms with van der Waals surface area (Å²) in [5, 5.41) is 16.1. The van der Waals surface area contributed by atoms with Gasteiger partial charge in [0.05, 0.1) is 5.69 Å². The molecule has 0 bridgehead atoms. The van der Waals surface area contributed by atoms with E-state index < -0.39 is 10.2 Å². The number of halogens is 1. The molecular formula is C7H9BrN4O3S. The molecule has 1 aromatic rings. The first kappa shape index (κ1) is 12.7. The van der Waals surface area contributed by atoms with E-state index >= 15 is 0 Å². The molecule has 0 aromatic heterocycles. The summed E-state index contributed by atoms with van der Waals surface area (Å²) in [6.45, 7) is 0. The van der Waals surface area contributed by atoms with Crippen molar-refractivity contribution in [3.63, 3.8) is 0 Å². The molecule has 0 unspecified atom stereocenters. The molecule has 88 valence electrons. The van der Waals surface area contributed by atoms with Crippen LogP contribution in [0.4, 0.5) is 5.69 Å². The number of nitrogens with two attached hydrogens (primary N) is 2. The van der Waals surface area contributed by atoms with Crippen molar-refractivity contribution in [2.45, 2.75) is 0 Å². The van der Waals surface area contributed by atoms with Gasteiger partial charge in [0.25, 0.3) is 10.2 Å². The monoisotopic (exact) mass is 308 g/mol. The lowest BCUT2D eigenvalue weighted by Crippen LogP contribution is -2.24. The van der Waals surface area contributed by atoms with Crippen LogP contribution in [0.15, 0.2) is 27.8 Å². The van der Waals surface area contributed by atoms with Gasteiger partial charge in [0.1, 0.15) is 0 Å². The van der Waals surface area contributed by atoms with Crippen LogP contribution in [0.3, 0.4) is 0 Å². The van der Waals surface area contributed by atoms with Crippen molar-refractivity contribution < 1.29 is 13.6 Å². The molecule has 0 aliphatic heterocycles. The zero-order chi connectivity index (χ0) is 12.3. The van der Waals surface area contributed by atoms with Crippen LogP contribution in [0.25, 0.3) is 0 Å². The predicted molar refractivity (Wildman–Crippen MR) is 63.4 cm³/mol. The Hall–Kier alpha value is -1.32. The lowest BCUT2D eigenvalue weighted by Gasteiger charge is -2.09. The molecule has 1 aromatic carbocycles. The quantitative estimate of drug-likeness (QED) is 0.274. The number of hydrogen-bond acceptors (Lipinski definition) is 4. The number of hydrogen-bond donors (Lipinski definition) is 4. The van der Waals surface area contributed by atoms with Gasteiger partial charge in [-0.15, -0.1) is 0 Å². The molecule has 1 rings (SSSR count). The Morgan fingerprint density at radius 3 is 2.62 bits per heavy atom. The molecule has 7 nitrogen and oxygen atoms in total. The van der Waals surface area contributed by atoms with E-state index in [1.807, 2.05) is 0 Å². The van der Waals surface area contributed by atoms with E-state index in [1.165, 1.54) is 12.1 Å². The summed E-state index contributed by atoms with van der Waals surface area (Å²) >= 11 is 3.16. The molecule has 9 heteroatoms. The van der Waals surface area contributed by atoms with Crippen LogP contribution in [0.1, 0.15) is 5.56 Å². The fourth-order valence-corrected chi connectivity index (χ4v) is 1.87. The summed E-state index contributed by atoms with van der Waals surface area (Å²) in [4.78, 5) is 0. The number of oxime groups is 1. The molecular weight excluding hydrogens is 300 g/mol. The minimum Gasteiger partial charge on any atom is -0.409 e. The highest BCUT2D eigenvalue weighted by atomic mass is 79.9. The maximum atomic E-state index is 10.9. The average molecular weight is 309 g/mol. The van der Waals surface area contributed by atoms with Gasteiger partial charge in [0.15, 0.2) is 5.84 Å². The van der Waals surface area contributed by atoms with Crippen LogP contribution in [-0.2, 0) is 10.2 Å². The van der Waals surface area contributed by atoms with Gasteiger partial charge in [-0.1, -0.05) is 21.1 Å². The molecule has 0 saturated heterocycles. The average Bonchev–Trinajstić information content (AvgIpc) is 2.14. The fraction of sp³-hybridized carbons (Fsp3) is 0. The van der Waals surface area contributed by atoms with Crippen molar-refractivity contribution in [1.29, 1.82) is 0 Å². The summed E-state index contributed by atoms with van der Waals surface area (Å²) in [5.74, 6) is -0.223. The van der Waals surface area contributed by atoms with Gasteiger partial charge in [-0.05, 0) is 18.2 Å². The van der Waals surface area contributed by atoms with Gasteiger partial charge >= 0.3 is 0 Å². The number of nitrogens with zero attached hydrogens (tertiary/aromatic N) is 1. The van der Waals surface area contributed by atoms with Gasteiger partial charge in [0, 0.05) is 10.0 Å². The van der Waals surface area contributed by atoms with Crippen molar-refractivity contribution >= 4 is 37.7 Å². The first-order chi connectivity index (χ1) is 7.33. The number of anilines is 1. The first-order valence-electron chi connectivity index (χ1n) is 3.91. The molecule has 0 spiro atoms. The Labute approximate surface area is 100 Å². The molecule has 0 radical (unpaired) electrons. The maximum Gasteiger partial charge on any atom is 0.296 e. The second-order valence-electron chi connectivity index (χ2n) is 2.82. The number of benzene rings is 1. The SMILES string of the molecule is N/C(=N/O)c1ccc(Br)cc1NS(N)(=O)=O. The lowest BCUT2D eigenvalue weighted by molar-refractivity contribution is 0.318. The van der Waals surface area contributed by atoms with Crippen LogP contribution in [0.2, 0.25) is 0 Å². The van der Waals surface area contributed by atoms with Crippen molar-refractivity contribution in [2.75, 3.05) is 4.72 Å². The van der Waals surface area contributed by atoms with Crippen LogP contribution < -0.4 is 15.6 Å². The molecule has 16 heavy (non-hydrogen) atoms. The van der Waals surface area contributed by atoms with Crippen LogP contribution in [0, 0.1) is 0 Å². The van der Waals surface area contributed by atoms with Crippen LogP contribution in [-0.4, -0.2) is 19.5 Å². The summed E-state index contributed by atoms with van der Waals surface area (Å²) in [5.41, 5.74) is 5.71. The van der Waals surface area contributed by atoms with E-state index in [-0.39, 0.29) is 17.1 Å². The molecule has 0 saturated carbocycles. The van der Waals surface area contributed by atoms with E-state index in [0.29, 0.717) is 4.47 Å². The van der Waals surface area contributed by atoms with E-state index in [2.05, 4.69) is 25.8 Å². The zero-order valence-corrected chi connectivity index (χ0v) is 10.3. The minimum absolute atomic E-state index is 0.118. The second-order valence-corrected chi connectivity index (χ2v) is 5.03. The number of amidine groups is 1. The topological polar surface area (TPSA) is 131 Å². The Bertz CT molecular complexity index is 528. The summed E-state index contributed by atoms with van der Waals surface area (Å²) in [6.07, 6.45) is 0. The van der Waals surface area contributed by atoms with Crippen molar-refractivity contribution in [2.24, 2.45) is 16.0 Å². The van der Waals surface area contributed by atoms with Crippen molar-refractivity contribution in [3.8, 4) is 0 Å². The highest BCUT2D eigenvalue weighted by Gasteiger charge is 2.11. The molecule has 0 fully saturated rings. The van der Waals surface area contributed by atoms with Gasteiger partial charge in [0.2, 0.25) is 0 Å². The lowest BCUT2D eigenvalue weighted by atomic mass is 10.2. The summed E-state index contributed by atoms with van der Waals surface area (Å²) in [6, 6.07) is 4.53. The Morgan fingerprint density at radius 2 is 2.12 bits per heavy atom. The number of rotatable bonds is 3. The van der Waals surface area contributed by atoms with E-state index in [1.54, 1.807) is 6.07 Å². The first-order valence-corrected chi connectivity index (χ1v) is 6.25. The highest BCUT2D eigenvalue weighted by molar-refractivity contribution is 9.10. The third-order valence-electron chi connectivity index (χ3n) is 1.62. The molecule has 6 N–H and O–H groups in total. The predicted octanol–water partition coefficient (Wildman–Crippen LogP) is 0.159. The summed E-state index contributed by atoms with van der Waals surface area (Å²) < 4.78 is 24.4. The van der Waals surface area contributed by atoms with Crippen LogP contribution in [0.5, 0.6) is 0 Å². The molecule has 0 aliphatic carbocycles. The van der Waals surface area contributed by atoms with Gasteiger partial charge in [-0.25, -0.2) is 5.14 Å². The van der Waals surface area contributed by atoms with Gasteiger partial charge < -0.3 is 10.9 Å². The fourth-order valence-electron chi connectivity index (χ4n) is 1.03. The number of nitrogens with one attached hydrogen (secondary N) is 1. The smallest absolute Gasteiger partial charge is 0.296 e. The van der Waals surface area contributed by atoms with E-state index in [4.69, 9.17) is 16.1 Å². The van der Waals surface area contributed by atoms with Gasteiger partial charge in [-0.2, -0.15) is 8.42 Å². The minimum atomic E-state index is -3.92. The molecule has 0 amide bonds. The van der Waals surface area contributed by atoms with Crippen molar-refractivity contribution in [3.05, 3.63) is 28.2 Å². The molecule has 0 heterocycles. The molecule has 0 aliphatic rings. The molecule has 0 atom stereocenters. The van der Waals surface area contributed by atoms with Crippen LogP contribution >= 0.6 is 15.9 Å². The summed E-state index contributed by atoms with van der Waals surface area (Å²) in [7, 11) is -3.92. The van der Waals surface area contributed by atoms with E-state index in [9.17, 15) is 8.42 Å². The van der Waals surface area contributed by atoms with Gasteiger partial charge in [-0.3, -0.25) is 4.72 Å². The largest absolute Gasteiger partial charge is 0.409 e. The second kappa shape index (κ2) is 4.68. The standard InChI is InChI=1S/C7H9BrN4O3S/c8-4-1-2-5(7(9)11-13)6(3-4)12-16(10,14)15/h1-3,12-13H,(H2,9,11)(H2,10,14,15). The Balaban J connectivity index is 3.29. The Morgan fingerprint density at radius 1 is 1.50 bits per heavy atom. The normalized spacial score (nSPS) is 12.5. The van der Waals surface area contributed by atoms with E-state index in [0.717, 1.165) is 0 Å². The zero-order valence-electron chi connectivity index (χ0n) is 7.88. The third-order valence-corrected chi connectivity index (χ3v) is 2.62.